The van der Waals surface area contributed by atoms with Crippen LogP contribution in [0.15, 0.2) is 0 Å². The molecule has 1 aliphatic rings. The molecule has 10 heavy (non-hydrogen) atoms. The van der Waals surface area contributed by atoms with Crippen LogP contribution in [0.5, 0.6) is 0 Å². The van der Waals surface area contributed by atoms with Crippen molar-refractivity contribution in [1.82, 2.24) is 5.32 Å². The summed E-state index contributed by atoms with van der Waals surface area (Å²) in [6.07, 6.45) is 3.45. The summed E-state index contributed by atoms with van der Waals surface area (Å²) in [5.41, 5.74) is 0. The number of carbonyl (C=O) groups is 1. The molecular weight excluding hydrogens is 150 g/mol. The number of nitrogens with one attached hydrogen (secondary N) is 1. The second-order valence-electron chi connectivity index (χ2n) is 2.23. The van der Waals surface area contributed by atoms with Crippen LogP contribution < -0.4 is 5.32 Å². The van der Waals surface area contributed by atoms with Gasteiger partial charge in [0.05, 0.1) is 12.5 Å². The van der Waals surface area contributed by atoms with Crippen molar-refractivity contribution >= 4 is 17.9 Å². The molecule has 1 heterocycles. The van der Waals surface area contributed by atoms with Crippen LogP contribution in [-0.2, 0) is 8.98 Å². The molecule has 1 aliphatic heterocycles. The average Bonchev–Trinajstić information content (AvgIpc) is 1.88. The Kier molecular flexibility index (Phi) is 3.02. The summed E-state index contributed by atoms with van der Waals surface area (Å²) >= 11 is 1.33. The Balaban J connectivity index is 2.25. The maximum absolute atomic E-state index is 10.7. The van der Waals surface area contributed by atoms with E-state index in [4.69, 9.17) is 4.18 Å². The zero-order chi connectivity index (χ0) is 7.40. The Morgan fingerprint density at radius 2 is 2.60 bits per heavy atom. The van der Waals surface area contributed by atoms with Crippen molar-refractivity contribution in [3.05, 3.63) is 0 Å². The highest BCUT2D eigenvalue weighted by atomic mass is 32.2. The van der Waals surface area contributed by atoms with Crippen molar-refractivity contribution in [2.45, 2.75) is 18.9 Å². The van der Waals surface area contributed by atoms with Gasteiger partial charge in [0.2, 0.25) is 5.91 Å². The lowest BCUT2D eigenvalue weighted by Crippen LogP contribution is -2.36. The summed E-state index contributed by atoms with van der Waals surface area (Å²) in [6.45, 7) is 0.754. The monoisotopic (exact) mass is 161 g/mol. The topological polar surface area (TPSA) is 38.3 Å². The van der Waals surface area contributed by atoms with E-state index in [9.17, 15) is 4.79 Å². The van der Waals surface area contributed by atoms with Gasteiger partial charge in [-0.15, -0.1) is 0 Å². The Morgan fingerprint density at radius 1 is 1.80 bits per heavy atom. The average molecular weight is 161 g/mol. The molecule has 1 saturated heterocycles. The van der Waals surface area contributed by atoms with Crippen molar-refractivity contribution < 1.29 is 8.98 Å². The third-order valence-corrected chi connectivity index (χ3v) is 1.90. The standard InChI is InChI=1S/C6H11NO2S/c1-10-9-5-2-3-7-6(8)4-5/h5H,2-4H2,1H3,(H,7,8). The Hall–Kier alpha value is -0.220. The Morgan fingerprint density at radius 3 is 3.20 bits per heavy atom. The molecule has 0 aromatic carbocycles. The van der Waals surface area contributed by atoms with Crippen LogP contribution in [0.2, 0.25) is 0 Å². The third-order valence-electron chi connectivity index (χ3n) is 1.43. The van der Waals surface area contributed by atoms with Gasteiger partial charge in [0.1, 0.15) is 0 Å². The second-order valence-corrected chi connectivity index (χ2v) is 2.75. The van der Waals surface area contributed by atoms with E-state index in [0.29, 0.717) is 6.42 Å². The van der Waals surface area contributed by atoms with E-state index in [0.717, 1.165) is 13.0 Å². The maximum Gasteiger partial charge on any atom is 0.222 e. The second kappa shape index (κ2) is 3.83. The molecule has 0 saturated carbocycles. The van der Waals surface area contributed by atoms with Crippen LogP contribution in [0.1, 0.15) is 12.8 Å². The Bertz CT molecular complexity index is 127. The van der Waals surface area contributed by atoms with E-state index < -0.39 is 0 Å². The van der Waals surface area contributed by atoms with Gasteiger partial charge in [0, 0.05) is 12.8 Å². The molecule has 1 N–H and O–H groups in total. The maximum atomic E-state index is 10.7. The van der Waals surface area contributed by atoms with E-state index in [-0.39, 0.29) is 12.0 Å². The van der Waals surface area contributed by atoms with Crippen LogP contribution in [0, 0.1) is 0 Å². The summed E-state index contributed by atoms with van der Waals surface area (Å²) in [5.74, 6) is 0.102. The minimum absolute atomic E-state index is 0.102. The third kappa shape index (κ3) is 2.19. The summed E-state index contributed by atoms with van der Waals surface area (Å²) in [5, 5.41) is 2.74. The van der Waals surface area contributed by atoms with Crippen molar-refractivity contribution in [2.24, 2.45) is 0 Å². The van der Waals surface area contributed by atoms with Gasteiger partial charge >= 0.3 is 0 Å². The highest BCUT2D eigenvalue weighted by molar-refractivity contribution is 7.93. The molecule has 0 spiro atoms. The quantitative estimate of drug-likeness (QED) is 0.601. The van der Waals surface area contributed by atoms with Gasteiger partial charge in [-0.3, -0.25) is 4.79 Å². The number of hydrogen-bond donors (Lipinski definition) is 1. The first-order valence-corrected chi connectivity index (χ1v) is 4.44. The van der Waals surface area contributed by atoms with Crippen LogP contribution in [0.25, 0.3) is 0 Å². The fourth-order valence-electron chi connectivity index (χ4n) is 0.972. The van der Waals surface area contributed by atoms with Crippen LogP contribution in [0.3, 0.4) is 0 Å². The summed E-state index contributed by atoms with van der Waals surface area (Å²) < 4.78 is 5.21. The van der Waals surface area contributed by atoms with E-state index >= 15 is 0 Å². The molecule has 58 valence electrons. The lowest BCUT2D eigenvalue weighted by molar-refractivity contribution is -0.124. The van der Waals surface area contributed by atoms with Crippen molar-refractivity contribution in [3.8, 4) is 0 Å². The highest BCUT2D eigenvalue weighted by Crippen LogP contribution is 2.12. The van der Waals surface area contributed by atoms with Crippen molar-refractivity contribution in [2.75, 3.05) is 12.8 Å². The lowest BCUT2D eigenvalue weighted by Gasteiger charge is -2.20. The molecule has 0 bridgehead atoms. The molecule has 4 heteroatoms. The van der Waals surface area contributed by atoms with Gasteiger partial charge in [0.25, 0.3) is 0 Å². The van der Waals surface area contributed by atoms with Crippen LogP contribution >= 0.6 is 12.0 Å². The molecule has 0 aromatic heterocycles. The smallest absolute Gasteiger partial charge is 0.222 e. The highest BCUT2D eigenvalue weighted by Gasteiger charge is 2.18. The van der Waals surface area contributed by atoms with E-state index in [1.54, 1.807) is 0 Å². The molecule has 3 nitrogen and oxygen atoms in total. The predicted octanol–water partition coefficient (Wildman–Crippen LogP) is 0.560. The first-order chi connectivity index (χ1) is 4.83. The van der Waals surface area contributed by atoms with Gasteiger partial charge in [0.15, 0.2) is 0 Å². The minimum Gasteiger partial charge on any atom is -0.356 e. The lowest BCUT2D eigenvalue weighted by atomic mass is 10.1. The predicted molar refractivity (Wildman–Crippen MR) is 40.6 cm³/mol. The molecule has 1 fully saturated rings. The number of piperidine rings is 1. The number of carbonyl (C=O) groups excluding carboxylic acids is 1. The molecule has 1 unspecified atom stereocenters. The fraction of sp³-hybridized carbons (Fsp3) is 0.833. The van der Waals surface area contributed by atoms with Crippen LogP contribution in [0.4, 0.5) is 0 Å². The molecule has 0 aromatic rings. The van der Waals surface area contributed by atoms with Crippen molar-refractivity contribution in [3.63, 3.8) is 0 Å². The molecule has 0 aliphatic carbocycles. The SMILES string of the molecule is CSOC1CCNC(=O)C1. The first kappa shape index (κ1) is 7.88. The van der Waals surface area contributed by atoms with Crippen molar-refractivity contribution in [1.29, 1.82) is 0 Å². The van der Waals surface area contributed by atoms with Gasteiger partial charge in [-0.1, -0.05) is 0 Å². The van der Waals surface area contributed by atoms with Gasteiger partial charge < -0.3 is 9.50 Å². The summed E-state index contributed by atoms with van der Waals surface area (Å²) in [6, 6.07) is 0. The zero-order valence-corrected chi connectivity index (χ0v) is 6.74. The normalized spacial score (nSPS) is 26.1. The number of amides is 1. The fourth-order valence-corrected chi connectivity index (χ4v) is 1.41. The molecular formula is C6H11NO2S. The van der Waals surface area contributed by atoms with E-state index in [2.05, 4.69) is 5.32 Å². The molecule has 0 radical (unpaired) electrons. The summed E-state index contributed by atoms with van der Waals surface area (Å²) in [7, 11) is 0. The van der Waals surface area contributed by atoms with E-state index in [1.807, 2.05) is 6.26 Å². The van der Waals surface area contributed by atoms with Crippen LogP contribution in [-0.4, -0.2) is 24.8 Å². The molecule has 1 rings (SSSR count). The van der Waals surface area contributed by atoms with Gasteiger partial charge in [-0.2, -0.15) is 0 Å². The van der Waals surface area contributed by atoms with Gasteiger partial charge in [-0.05, 0) is 18.5 Å². The number of rotatable bonds is 2. The van der Waals surface area contributed by atoms with Gasteiger partial charge in [-0.25, -0.2) is 0 Å². The minimum atomic E-state index is 0.102. The summed E-state index contributed by atoms with van der Waals surface area (Å²) in [4.78, 5) is 10.7. The molecule has 1 amide bonds. The van der Waals surface area contributed by atoms with E-state index in [1.165, 1.54) is 12.0 Å². The largest absolute Gasteiger partial charge is 0.356 e. The first-order valence-electron chi connectivity index (χ1n) is 3.29. The number of hydrogen-bond acceptors (Lipinski definition) is 3. The zero-order valence-electron chi connectivity index (χ0n) is 5.92. The Labute approximate surface area is 64.7 Å². The molecule has 1 atom stereocenters.